The maximum atomic E-state index is 5.35. The Labute approximate surface area is 438 Å². The Morgan fingerprint density at radius 2 is 0.611 bits per heavy atom. The molecule has 0 atom stereocenters. The van der Waals surface area contributed by atoms with Crippen molar-refractivity contribution in [3.63, 3.8) is 0 Å². The molecule has 8 rings (SSSR count). The Balaban J connectivity index is 1.13. The van der Waals surface area contributed by atoms with Crippen LogP contribution in [0.25, 0.3) is 55.9 Å². The van der Waals surface area contributed by atoms with Crippen LogP contribution in [0.5, 0.6) is 0 Å². The van der Waals surface area contributed by atoms with Crippen LogP contribution in [0.3, 0.4) is 0 Å². The fourth-order valence-electron chi connectivity index (χ4n) is 13.1. The first-order valence-corrected chi connectivity index (χ1v) is 29.8. The van der Waals surface area contributed by atoms with Crippen molar-refractivity contribution in [3.8, 4) is 55.9 Å². The normalized spacial score (nSPS) is 13.8. The lowest BCUT2D eigenvalue weighted by molar-refractivity contribution is 0.398. The third-order valence-corrected chi connectivity index (χ3v) is 17.3. The summed E-state index contributed by atoms with van der Waals surface area (Å²) >= 11 is 0. The molecule has 2 nitrogen and oxygen atoms in total. The molecule has 2 heterocycles. The number of hydrogen-bond acceptors (Lipinski definition) is 2. The van der Waals surface area contributed by atoms with Gasteiger partial charge in [-0.2, -0.15) is 0 Å². The van der Waals surface area contributed by atoms with Crippen LogP contribution in [0, 0.1) is 13.8 Å². The Morgan fingerprint density at radius 3 is 1.00 bits per heavy atom. The Hall–Kier alpha value is -4.82. The average molecular weight is 962 g/mol. The van der Waals surface area contributed by atoms with Crippen LogP contribution in [0.15, 0.2) is 109 Å². The highest BCUT2D eigenvalue weighted by molar-refractivity contribution is 5.87. The Kier molecular flexibility index (Phi) is 19.6. The fraction of sp³-hybridized carbons (Fsp3) is 0.514. The zero-order chi connectivity index (χ0) is 50.2. The Morgan fingerprint density at radius 1 is 0.292 bits per heavy atom. The van der Waals surface area contributed by atoms with E-state index >= 15 is 0 Å². The minimum atomic E-state index is -0.0255. The summed E-state index contributed by atoms with van der Waals surface area (Å²) in [6, 6.07) is 38.6. The van der Waals surface area contributed by atoms with Gasteiger partial charge in [0.25, 0.3) is 0 Å². The molecule has 0 spiro atoms. The van der Waals surface area contributed by atoms with E-state index in [0.717, 1.165) is 11.4 Å². The van der Waals surface area contributed by atoms with Gasteiger partial charge in [0.05, 0.1) is 11.4 Å². The number of fused-ring (bicyclic) bond motifs is 6. The van der Waals surface area contributed by atoms with Gasteiger partial charge in [-0.1, -0.05) is 254 Å². The first kappa shape index (κ1) is 53.5. The van der Waals surface area contributed by atoms with Gasteiger partial charge in [-0.15, -0.1) is 0 Å². The van der Waals surface area contributed by atoms with Crippen molar-refractivity contribution >= 4 is 0 Å². The number of unbranched alkanes of at least 4 members (excludes halogenated alkanes) is 20. The molecule has 382 valence electrons. The maximum absolute atomic E-state index is 5.35. The molecule has 4 aromatic carbocycles. The molecular formula is C70H92N2. The second-order valence-electron chi connectivity index (χ2n) is 22.7. The van der Waals surface area contributed by atoms with Crippen LogP contribution in [-0.4, -0.2) is 9.97 Å². The SMILES string of the molecule is CCCCCCCCC1(CCCCCCCC)c2cc(C)ccc2-c2ccc(-c3ccc(-c4ccc5c(c4)C(CCCCCCCC)(CCCCCCCC)c4cc(-c6ccc(C)cn6)ccc4-5)cn3)cc21. The van der Waals surface area contributed by atoms with Crippen molar-refractivity contribution in [2.24, 2.45) is 0 Å². The van der Waals surface area contributed by atoms with E-state index in [2.05, 4.69) is 145 Å². The topological polar surface area (TPSA) is 25.8 Å². The van der Waals surface area contributed by atoms with Crippen LogP contribution in [0.2, 0.25) is 0 Å². The third-order valence-electron chi connectivity index (χ3n) is 17.3. The highest BCUT2D eigenvalue weighted by atomic mass is 14.7. The molecule has 2 aliphatic rings. The van der Waals surface area contributed by atoms with E-state index in [1.165, 1.54) is 247 Å². The van der Waals surface area contributed by atoms with Crippen LogP contribution >= 0.6 is 0 Å². The molecule has 0 bridgehead atoms. The van der Waals surface area contributed by atoms with Crippen LogP contribution in [-0.2, 0) is 10.8 Å². The largest absolute Gasteiger partial charge is 0.256 e. The van der Waals surface area contributed by atoms with E-state index in [0.29, 0.717) is 0 Å². The highest BCUT2D eigenvalue weighted by Crippen LogP contribution is 2.57. The molecule has 0 N–H and O–H groups in total. The molecule has 0 radical (unpaired) electrons. The number of benzene rings is 4. The van der Waals surface area contributed by atoms with Crippen molar-refractivity contribution in [1.82, 2.24) is 9.97 Å². The van der Waals surface area contributed by atoms with Gasteiger partial charge in [-0.25, -0.2) is 0 Å². The third kappa shape index (κ3) is 12.4. The molecule has 2 heteroatoms. The lowest BCUT2D eigenvalue weighted by Crippen LogP contribution is -2.25. The van der Waals surface area contributed by atoms with E-state index in [-0.39, 0.29) is 10.8 Å². The van der Waals surface area contributed by atoms with Gasteiger partial charge in [-0.05, 0) is 125 Å². The van der Waals surface area contributed by atoms with Crippen LogP contribution in [0.1, 0.15) is 241 Å². The number of pyridine rings is 2. The number of hydrogen-bond donors (Lipinski definition) is 0. The van der Waals surface area contributed by atoms with Gasteiger partial charge in [0, 0.05) is 39.9 Å². The molecule has 72 heavy (non-hydrogen) atoms. The van der Waals surface area contributed by atoms with Crippen molar-refractivity contribution in [1.29, 1.82) is 0 Å². The van der Waals surface area contributed by atoms with Gasteiger partial charge in [0.2, 0.25) is 0 Å². The predicted molar refractivity (Wildman–Crippen MR) is 312 cm³/mol. The zero-order valence-corrected chi connectivity index (χ0v) is 46.1. The maximum Gasteiger partial charge on any atom is 0.0702 e. The first-order chi connectivity index (χ1) is 35.4. The van der Waals surface area contributed by atoms with Gasteiger partial charge >= 0.3 is 0 Å². The van der Waals surface area contributed by atoms with Crippen molar-refractivity contribution in [3.05, 3.63) is 143 Å². The number of aryl methyl sites for hydroxylation is 2. The van der Waals surface area contributed by atoms with Gasteiger partial charge in [0.1, 0.15) is 0 Å². The van der Waals surface area contributed by atoms with E-state index in [1.54, 1.807) is 11.1 Å². The predicted octanol–water partition coefficient (Wildman–Crippen LogP) is 21.6. The molecule has 0 saturated heterocycles. The van der Waals surface area contributed by atoms with Crippen molar-refractivity contribution in [2.75, 3.05) is 0 Å². The summed E-state index contributed by atoms with van der Waals surface area (Å²) in [4.78, 5) is 10.3. The Bertz CT molecular complexity index is 2580. The molecule has 0 aliphatic heterocycles. The number of rotatable bonds is 31. The molecular weight excluding hydrogens is 869 g/mol. The quantitative estimate of drug-likeness (QED) is 0.0406. The summed E-state index contributed by atoms with van der Waals surface area (Å²) in [6.45, 7) is 13.7. The number of aromatic nitrogens is 2. The summed E-state index contributed by atoms with van der Waals surface area (Å²) in [5, 5.41) is 0. The summed E-state index contributed by atoms with van der Waals surface area (Å²) in [5.74, 6) is 0. The lowest BCUT2D eigenvalue weighted by atomic mass is 9.70. The van der Waals surface area contributed by atoms with Gasteiger partial charge in [0.15, 0.2) is 0 Å². The second kappa shape index (κ2) is 26.4. The summed E-state index contributed by atoms with van der Waals surface area (Å²) in [7, 11) is 0. The first-order valence-electron chi connectivity index (χ1n) is 29.8. The van der Waals surface area contributed by atoms with E-state index < -0.39 is 0 Å². The van der Waals surface area contributed by atoms with Crippen molar-refractivity contribution in [2.45, 2.75) is 232 Å². The zero-order valence-electron chi connectivity index (χ0n) is 46.1. The molecule has 0 unspecified atom stereocenters. The van der Waals surface area contributed by atoms with E-state index in [1.807, 2.05) is 6.20 Å². The highest BCUT2D eigenvalue weighted by Gasteiger charge is 2.44. The van der Waals surface area contributed by atoms with Crippen LogP contribution in [0.4, 0.5) is 0 Å². The number of nitrogens with zero attached hydrogens (tertiary/aromatic N) is 2. The summed E-state index contributed by atoms with van der Waals surface area (Å²) < 4.78 is 0. The molecule has 0 fully saturated rings. The van der Waals surface area contributed by atoms with Crippen molar-refractivity contribution < 1.29 is 0 Å². The van der Waals surface area contributed by atoms with Gasteiger partial charge in [-0.3, -0.25) is 9.97 Å². The average Bonchev–Trinajstić information content (AvgIpc) is 3.82. The smallest absolute Gasteiger partial charge is 0.0702 e. The molecule has 6 aromatic rings. The summed E-state index contributed by atoms with van der Waals surface area (Å²) in [5.41, 5.74) is 21.7. The standard InChI is InChI=1S/C70H92N2/c1-7-11-15-19-23-27-43-69(44-28-24-20-16-12-8-2)63-47-53(5)31-37-59(63)61-39-35-57(50-65(61)69)68-42-36-58(52-72-68)55-33-38-60-62-40-34-56(67-41-32-54(6)51-71-67)49-66(62)70(64(60)48-55,45-29-25-21-17-13-9-3)46-30-26-22-18-14-10-4/h31-42,47-52H,7-30,43-46H2,1-6H3. The van der Waals surface area contributed by atoms with Gasteiger partial charge < -0.3 is 0 Å². The van der Waals surface area contributed by atoms with Crippen LogP contribution < -0.4 is 0 Å². The molecule has 0 saturated carbocycles. The molecule has 2 aliphatic carbocycles. The minimum Gasteiger partial charge on any atom is -0.256 e. The second-order valence-corrected chi connectivity index (χ2v) is 22.7. The molecule has 2 aromatic heterocycles. The fourth-order valence-corrected chi connectivity index (χ4v) is 13.1. The summed E-state index contributed by atoms with van der Waals surface area (Å²) in [6.07, 6.45) is 40.8. The van der Waals surface area contributed by atoms with E-state index in [9.17, 15) is 0 Å². The molecule has 0 amide bonds. The van der Waals surface area contributed by atoms with E-state index in [4.69, 9.17) is 9.97 Å². The monoisotopic (exact) mass is 961 g/mol. The lowest BCUT2D eigenvalue weighted by Gasteiger charge is -2.33. The minimum absolute atomic E-state index is 0.0255.